The Kier molecular flexibility index (Phi) is 5.66. The van der Waals surface area contributed by atoms with Gasteiger partial charge >= 0.3 is 0 Å². The van der Waals surface area contributed by atoms with Crippen LogP contribution in [0.4, 0.5) is 0 Å². The largest absolute Gasteiger partial charge is 0.377 e. The molecule has 9 heteroatoms. The molecule has 0 aromatic heterocycles. The first-order chi connectivity index (χ1) is 9.13. The molecule has 114 valence electrons. The summed E-state index contributed by atoms with van der Waals surface area (Å²) in [6.45, 7) is 4.09. The Balaban J connectivity index is 2.73. The van der Waals surface area contributed by atoms with Gasteiger partial charge in [0.15, 0.2) is 0 Å². The molecule has 1 aromatic rings. The average Bonchev–Trinajstić information content (AvgIpc) is 2.34. The molecule has 0 spiro atoms. The number of sulfonamides is 2. The van der Waals surface area contributed by atoms with E-state index in [2.05, 4.69) is 4.72 Å². The van der Waals surface area contributed by atoms with Crippen LogP contribution in [0.1, 0.15) is 13.8 Å². The summed E-state index contributed by atoms with van der Waals surface area (Å²) < 4.78 is 53.5. The predicted octanol–water partition coefficient (Wildman–Crippen LogP) is 0.0373. The first-order valence-electron chi connectivity index (χ1n) is 5.87. The zero-order valence-corrected chi connectivity index (χ0v) is 12.9. The van der Waals surface area contributed by atoms with Crippen LogP contribution < -0.4 is 9.86 Å². The molecule has 0 aliphatic rings. The molecule has 0 saturated carbocycles. The van der Waals surface area contributed by atoms with Crippen LogP contribution in [0.3, 0.4) is 0 Å². The normalized spacial score (nSPS) is 12.8. The van der Waals surface area contributed by atoms with Crippen molar-refractivity contribution in [3.8, 4) is 0 Å². The van der Waals surface area contributed by atoms with Gasteiger partial charge in [-0.3, -0.25) is 0 Å². The third-order valence-electron chi connectivity index (χ3n) is 2.31. The molecule has 20 heavy (non-hydrogen) atoms. The smallest absolute Gasteiger partial charge is 0.240 e. The van der Waals surface area contributed by atoms with Crippen LogP contribution in [0.5, 0.6) is 0 Å². The lowest BCUT2D eigenvalue weighted by atomic mass is 10.4. The first-order valence-corrected chi connectivity index (χ1v) is 8.90. The van der Waals surface area contributed by atoms with Gasteiger partial charge < -0.3 is 4.74 Å². The number of hydrogen-bond acceptors (Lipinski definition) is 5. The van der Waals surface area contributed by atoms with E-state index in [0.29, 0.717) is 0 Å². The Morgan fingerprint density at radius 3 is 2.05 bits per heavy atom. The lowest BCUT2D eigenvalue weighted by Crippen LogP contribution is -2.28. The molecule has 0 amide bonds. The van der Waals surface area contributed by atoms with Crippen molar-refractivity contribution >= 4 is 20.0 Å². The van der Waals surface area contributed by atoms with E-state index in [-0.39, 0.29) is 29.0 Å². The van der Waals surface area contributed by atoms with Crippen molar-refractivity contribution in [1.29, 1.82) is 0 Å². The molecular formula is C11H18N2O5S2. The minimum atomic E-state index is -3.83. The monoisotopic (exact) mass is 322 g/mol. The Morgan fingerprint density at radius 1 is 1.10 bits per heavy atom. The maximum Gasteiger partial charge on any atom is 0.240 e. The Labute approximate surface area is 119 Å². The van der Waals surface area contributed by atoms with E-state index in [1.165, 1.54) is 12.1 Å². The Bertz CT molecular complexity index is 636. The topological polar surface area (TPSA) is 116 Å². The highest BCUT2D eigenvalue weighted by Gasteiger charge is 2.15. The third kappa shape index (κ3) is 5.17. The molecule has 1 aromatic carbocycles. The average molecular weight is 322 g/mol. The second-order valence-electron chi connectivity index (χ2n) is 4.33. The fraction of sp³-hybridized carbons (Fsp3) is 0.455. The van der Waals surface area contributed by atoms with Gasteiger partial charge in [0.05, 0.1) is 22.5 Å². The molecule has 0 aliphatic carbocycles. The lowest BCUT2D eigenvalue weighted by Gasteiger charge is -2.09. The van der Waals surface area contributed by atoms with E-state index in [9.17, 15) is 16.8 Å². The van der Waals surface area contributed by atoms with Crippen molar-refractivity contribution in [3.05, 3.63) is 24.3 Å². The molecule has 3 N–H and O–H groups in total. The van der Waals surface area contributed by atoms with Crippen LogP contribution >= 0.6 is 0 Å². The Morgan fingerprint density at radius 2 is 1.60 bits per heavy atom. The summed E-state index contributed by atoms with van der Waals surface area (Å²) in [5, 5.41) is 4.93. The molecule has 0 aliphatic heterocycles. The summed E-state index contributed by atoms with van der Waals surface area (Å²) in [5.41, 5.74) is 0. The molecular weight excluding hydrogens is 304 g/mol. The van der Waals surface area contributed by atoms with Crippen LogP contribution in [0.15, 0.2) is 34.1 Å². The van der Waals surface area contributed by atoms with Crippen molar-refractivity contribution in [2.24, 2.45) is 5.14 Å². The minimum absolute atomic E-state index is 0.0218. The van der Waals surface area contributed by atoms with Gasteiger partial charge in [-0.1, -0.05) is 0 Å². The lowest BCUT2D eigenvalue weighted by molar-refractivity contribution is 0.0834. The van der Waals surface area contributed by atoms with E-state index >= 15 is 0 Å². The standard InChI is InChI=1S/C11H18N2O5S2/c1-9(2)18-8-7-13-20(16,17)11-5-3-10(4-6-11)19(12,14)15/h3-6,9,13H,7-8H2,1-2H3,(H2,12,14,15). The second kappa shape index (κ2) is 6.64. The second-order valence-corrected chi connectivity index (χ2v) is 7.66. The molecule has 0 bridgehead atoms. The number of ether oxygens (including phenoxy) is 1. The SMILES string of the molecule is CC(C)OCCNS(=O)(=O)c1ccc(S(N)(=O)=O)cc1. The zero-order valence-electron chi connectivity index (χ0n) is 11.2. The minimum Gasteiger partial charge on any atom is -0.377 e. The summed E-state index contributed by atoms with van der Waals surface area (Å²) in [5.74, 6) is 0. The zero-order chi connectivity index (χ0) is 15.4. The van der Waals surface area contributed by atoms with Gasteiger partial charge in [-0.15, -0.1) is 0 Å². The van der Waals surface area contributed by atoms with E-state index in [0.717, 1.165) is 12.1 Å². The number of hydrogen-bond donors (Lipinski definition) is 2. The molecule has 0 saturated heterocycles. The number of rotatable bonds is 7. The molecule has 0 radical (unpaired) electrons. The van der Waals surface area contributed by atoms with Crippen LogP contribution in [0, 0.1) is 0 Å². The molecule has 0 fully saturated rings. The molecule has 7 nitrogen and oxygen atoms in total. The van der Waals surface area contributed by atoms with Gasteiger partial charge in [0.1, 0.15) is 0 Å². The molecule has 1 rings (SSSR count). The molecule has 0 atom stereocenters. The third-order valence-corrected chi connectivity index (χ3v) is 4.71. The van der Waals surface area contributed by atoms with Gasteiger partial charge in [0, 0.05) is 6.54 Å². The quantitative estimate of drug-likeness (QED) is 0.688. The summed E-state index contributed by atoms with van der Waals surface area (Å²) in [7, 11) is -7.52. The van der Waals surface area contributed by atoms with Crippen LogP contribution in [-0.4, -0.2) is 36.1 Å². The summed E-state index contributed by atoms with van der Waals surface area (Å²) in [4.78, 5) is -0.172. The van der Waals surface area contributed by atoms with Crippen LogP contribution in [0.2, 0.25) is 0 Å². The Hall–Kier alpha value is -1.00. The van der Waals surface area contributed by atoms with Gasteiger partial charge in [0.2, 0.25) is 20.0 Å². The van der Waals surface area contributed by atoms with Gasteiger partial charge in [-0.25, -0.2) is 26.7 Å². The van der Waals surface area contributed by atoms with Crippen molar-refractivity contribution < 1.29 is 21.6 Å². The highest BCUT2D eigenvalue weighted by Crippen LogP contribution is 2.12. The summed E-state index contributed by atoms with van der Waals surface area (Å²) in [6, 6.07) is 4.67. The van der Waals surface area contributed by atoms with E-state index < -0.39 is 20.0 Å². The fourth-order valence-electron chi connectivity index (χ4n) is 1.36. The number of nitrogens with one attached hydrogen (secondary N) is 1. The van der Waals surface area contributed by atoms with Crippen LogP contribution in [-0.2, 0) is 24.8 Å². The van der Waals surface area contributed by atoms with E-state index in [4.69, 9.17) is 9.88 Å². The molecule has 0 heterocycles. The van der Waals surface area contributed by atoms with Crippen molar-refractivity contribution in [3.63, 3.8) is 0 Å². The van der Waals surface area contributed by atoms with Gasteiger partial charge in [-0.2, -0.15) is 0 Å². The maximum absolute atomic E-state index is 11.9. The van der Waals surface area contributed by atoms with Crippen molar-refractivity contribution in [1.82, 2.24) is 4.72 Å². The summed E-state index contributed by atoms with van der Waals surface area (Å²) in [6.07, 6.45) is 0.0218. The van der Waals surface area contributed by atoms with Crippen molar-refractivity contribution in [2.75, 3.05) is 13.2 Å². The van der Waals surface area contributed by atoms with Crippen molar-refractivity contribution in [2.45, 2.75) is 29.7 Å². The first kappa shape index (κ1) is 17.1. The van der Waals surface area contributed by atoms with Gasteiger partial charge in [0.25, 0.3) is 0 Å². The predicted molar refractivity (Wildman–Crippen MR) is 74.1 cm³/mol. The van der Waals surface area contributed by atoms with Gasteiger partial charge in [-0.05, 0) is 38.1 Å². The maximum atomic E-state index is 11.9. The highest BCUT2D eigenvalue weighted by atomic mass is 32.2. The number of primary sulfonamides is 1. The number of nitrogens with two attached hydrogens (primary N) is 1. The fourth-order valence-corrected chi connectivity index (χ4v) is 2.89. The van der Waals surface area contributed by atoms with E-state index in [1.807, 2.05) is 13.8 Å². The molecule has 0 unspecified atom stereocenters. The number of benzene rings is 1. The summed E-state index contributed by atoms with van der Waals surface area (Å²) >= 11 is 0. The van der Waals surface area contributed by atoms with Crippen LogP contribution in [0.25, 0.3) is 0 Å². The van der Waals surface area contributed by atoms with E-state index in [1.54, 1.807) is 0 Å². The highest BCUT2D eigenvalue weighted by molar-refractivity contribution is 7.89.